The van der Waals surface area contributed by atoms with Gasteiger partial charge in [0.1, 0.15) is 0 Å². The van der Waals surface area contributed by atoms with E-state index < -0.39 is 15.7 Å². The molecule has 0 unspecified atom stereocenters. The van der Waals surface area contributed by atoms with Gasteiger partial charge >= 0.3 is 0 Å². The number of piperazine rings is 1. The number of carbonyl (C=O) groups is 1. The average Bonchev–Trinajstić information content (AvgIpc) is 3.16. The third-order valence-electron chi connectivity index (χ3n) is 5.44. The monoisotopic (exact) mass is 380 g/mol. The van der Waals surface area contributed by atoms with E-state index in [0.29, 0.717) is 43.5 Å². The molecular formula is C18H21FN2O4S. The first-order valence-electron chi connectivity index (χ1n) is 8.77. The highest BCUT2D eigenvalue weighted by atomic mass is 32.2. The Morgan fingerprint density at radius 3 is 2.58 bits per heavy atom. The standard InChI is InChI=1S/C18H21FN2O4S/c1-12-14-3-2-4-15(19)17(14)25-16(12)18(22)21-8-6-20(7-9-21)13-5-10-26(23,24)11-13/h2-4,13H,5-11H2,1H3/t13-/m0/s1. The minimum Gasteiger partial charge on any atom is -0.448 e. The van der Waals surface area contributed by atoms with E-state index in [9.17, 15) is 17.6 Å². The van der Waals surface area contributed by atoms with Gasteiger partial charge < -0.3 is 9.32 Å². The Balaban J connectivity index is 1.47. The number of furan rings is 1. The molecule has 26 heavy (non-hydrogen) atoms. The topological polar surface area (TPSA) is 70.8 Å². The van der Waals surface area contributed by atoms with Crippen LogP contribution in [0, 0.1) is 12.7 Å². The molecule has 2 fully saturated rings. The van der Waals surface area contributed by atoms with Gasteiger partial charge in [0.05, 0.1) is 11.5 Å². The quantitative estimate of drug-likeness (QED) is 0.795. The smallest absolute Gasteiger partial charge is 0.289 e. The summed E-state index contributed by atoms with van der Waals surface area (Å²) >= 11 is 0. The van der Waals surface area contributed by atoms with Gasteiger partial charge in [0.25, 0.3) is 5.91 Å². The summed E-state index contributed by atoms with van der Waals surface area (Å²) in [4.78, 5) is 16.7. The molecule has 0 N–H and O–H groups in total. The van der Waals surface area contributed by atoms with Crippen molar-refractivity contribution in [2.75, 3.05) is 37.7 Å². The zero-order chi connectivity index (χ0) is 18.5. The molecule has 1 aromatic carbocycles. The van der Waals surface area contributed by atoms with E-state index in [1.165, 1.54) is 6.07 Å². The first kappa shape index (κ1) is 17.5. The normalized spacial score (nSPS) is 23.6. The van der Waals surface area contributed by atoms with Crippen LogP contribution in [0.5, 0.6) is 0 Å². The first-order valence-corrected chi connectivity index (χ1v) is 10.6. The lowest BCUT2D eigenvalue weighted by atomic mass is 10.1. The summed E-state index contributed by atoms with van der Waals surface area (Å²) in [5.41, 5.74) is 0.761. The van der Waals surface area contributed by atoms with E-state index in [1.807, 2.05) is 0 Å². The van der Waals surface area contributed by atoms with E-state index in [0.717, 1.165) is 0 Å². The lowest BCUT2D eigenvalue weighted by Gasteiger charge is -2.37. The molecule has 3 heterocycles. The molecule has 1 atom stereocenters. The molecule has 1 aromatic heterocycles. The molecule has 2 saturated heterocycles. The minimum absolute atomic E-state index is 0.0549. The molecule has 2 aliphatic heterocycles. The summed E-state index contributed by atoms with van der Waals surface area (Å²) < 4.78 is 42.8. The number of sulfone groups is 1. The van der Waals surface area contributed by atoms with Gasteiger partial charge in [-0.2, -0.15) is 0 Å². The third kappa shape index (κ3) is 3.01. The number of aryl methyl sites for hydroxylation is 1. The van der Waals surface area contributed by atoms with Crippen molar-refractivity contribution < 1.29 is 22.0 Å². The number of para-hydroxylation sites is 1. The maximum Gasteiger partial charge on any atom is 0.289 e. The lowest BCUT2D eigenvalue weighted by molar-refractivity contribution is 0.0559. The summed E-state index contributed by atoms with van der Waals surface area (Å²) in [6.45, 7) is 4.06. The van der Waals surface area contributed by atoms with Crippen LogP contribution in [0.1, 0.15) is 22.5 Å². The van der Waals surface area contributed by atoms with Crippen LogP contribution < -0.4 is 0 Å². The number of hydrogen-bond donors (Lipinski definition) is 0. The number of benzene rings is 1. The molecule has 2 aliphatic rings. The predicted molar refractivity (Wildman–Crippen MR) is 95.4 cm³/mol. The van der Waals surface area contributed by atoms with Gasteiger partial charge in [0.15, 0.2) is 27.0 Å². The van der Waals surface area contributed by atoms with E-state index >= 15 is 0 Å². The SMILES string of the molecule is Cc1c(C(=O)N2CCN([C@H]3CCS(=O)(=O)C3)CC2)oc2c(F)cccc12. The Kier molecular flexibility index (Phi) is 4.27. The van der Waals surface area contributed by atoms with E-state index in [1.54, 1.807) is 24.0 Å². The molecule has 0 aliphatic carbocycles. The van der Waals surface area contributed by atoms with Gasteiger partial charge in [-0.05, 0) is 19.4 Å². The van der Waals surface area contributed by atoms with Gasteiger partial charge in [0.2, 0.25) is 0 Å². The Morgan fingerprint density at radius 1 is 1.23 bits per heavy atom. The number of hydrogen-bond acceptors (Lipinski definition) is 5. The molecule has 0 bridgehead atoms. The highest BCUT2D eigenvalue weighted by Gasteiger charge is 2.35. The number of fused-ring (bicyclic) bond motifs is 1. The van der Waals surface area contributed by atoms with Crippen molar-refractivity contribution in [3.63, 3.8) is 0 Å². The third-order valence-corrected chi connectivity index (χ3v) is 7.19. The van der Waals surface area contributed by atoms with Crippen LogP contribution in [0.25, 0.3) is 11.0 Å². The minimum atomic E-state index is -2.91. The molecule has 0 spiro atoms. The Morgan fingerprint density at radius 2 is 1.96 bits per heavy atom. The largest absolute Gasteiger partial charge is 0.448 e. The number of halogens is 1. The van der Waals surface area contributed by atoms with Crippen molar-refractivity contribution in [3.05, 3.63) is 35.3 Å². The molecule has 2 aromatic rings. The molecule has 1 amide bonds. The summed E-state index contributed by atoms with van der Waals surface area (Å²) in [5.74, 6) is -0.0700. The molecular weight excluding hydrogens is 359 g/mol. The fraction of sp³-hybridized carbons (Fsp3) is 0.500. The first-order chi connectivity index (χ1) is 12.4. The van der Waals surface area contributed by atoms with Crippen molar-refractivity contribution in [3.8, 4) is 0 Å². The Hall–Kier alpha value is -1.93. The van der Waals surface area contributed by atoms with Gasteiger partial charge in [-0.3, -0.25) is 9.69 Å². The van der Waals surface area contributed by atoms with Gasteiger partial charge in [-0.25, -0.2) is 12.8 Å². The molecule has 0 radical (unpaired) electrons. The highest BCUT2D eigenvalue weighted by molar-refractivity contribution is 7.91. The zero-order valence-corrected chi connectivity index (χ0v) is 15.4. The number of rotatable bonds is 2. The average molecular weight is 380 g/mol. The van der Waals surface area contributed by atoms with Gasteiger partial charge in [-0.15, -0.1) is 0 Å². The van der Waals surface area contributed by atoms with E-state index in [-0.39, 0.29) is 34.8 Å². The van der Waals surface area contributed by atoms with Crippen LogP contribution in [-0.4, -0.2) is 67.9 Å². The van der Waals surface area contributed by atoms with Crippen LogP contribution in [0.4, 0.5) is 4.39 Å². The second kappa shape index (κ2) is 6.35. The van der Waals surface area contributed by atoms with E-state index in [2.05, 4.69) is 4.90 Å². The lowest BCUT2D eigenvalue weighted by Crippen LogP contribution is -2.52. The van der Waals surface area contributed by atoms with Crippen molar-refractivity contribution in [2.45, 2.75) is 19.4 Å². The fourth-order valence-electron chi connectivity index (χ4n) is 3.91. The van der Waals surface area contributed by atoms with Gasteiger partial charge in [-0.1, -0.05) is 12.1 Å². The van der Waals surface area contributed by atoms with Crippen LogP contribution in [-0.2, 0) is 9.84 Å². The Bertz CT molecular complexity index is 961. The van der Waals surface area contributed by atoms with Gasteiger partial charge in [0, 0.05) is 43.2 Å². The maximum absolute atomic E-state index is 13.9. The summed E-state index contributed by atoms with van der Waals surface area (Å²) in [5, 5.41) is 0.614. The summed E-state index contributed by atoms with van der Waals surface area (Å²) in [7, 11) is -2.91. The van der Waals surface area contributed by atoms with E-state index in [4.69, 9.17) is 4.42 Å². The van der Waals surface area contributed by atoms with Crippen LogP contribution in [0.15, 0.2) is 22.6 Å². The molecule has 0 saturated carbocycles. The molecule has 140 valence electrons. The second-order valence-electron chi connectivity index (χ2n) is 7.06. The van der Waals surface area contributed by atoms with Crippen LogP contribution >= 0.6 is 0 Å². The van der Waals surface area contributed by atoms with Crippen molar-refractivity contribution in [1.82, 2.24) is 9.80 Å². The summed E-state index contributed by atoms with van der Waals surface area (Å²) in [6, 6.07) is 4.71. The van der Waals surface area contributed by atoms with Crippen LogP contribution in [0.2, 0.25) is 0 Å². The number of amides is 1. The highest BCUT2D eigenvalue weighted by Crippen LogP contribution is 2.28. The van der Waals surface area contributed by atoms with Crippen molar-refractivity contribution in [1.29, 1.82) is 0 Å². The Labute approximate surface area is 151 Å². The molecule has 4 rings (SSSR count). The number of nitrogens with zero attached hydrogens (tertiary/aromatic N) is 2. The number of carbonyl (C=O) groups excluding carboxylic acids is 1. The van der Waals surface area contributed by atoms with Crippen molar-refractivity contribution in [2.24, 2.45) is 0 Å². The fourth-order valence-corrected chi connectivity index (χ4v) is 5.67. The predicted octanol–water partition coefficient (Wildman–Crippen LogP) is 1.83. The maximum atomic E-state index is 13.9. The molecule has 6 nitrogen and oxygen atoms in total. The molecule has 8 heteroatoms. The summed E-state index contributed by atoms with van der Waals surface area (Å²) in [6.07, 6.45) is 0.665. The second-order valence-corrected chi connectivity index (χ2v) is 9.29. The van der Waals surface area contributed by atoms with Crippen LogP contribution in [0.3, 0.4) is 0 Å². The van der Waals surface area contributed by atoms with Crippen molar-refractivity contribution >= 4 is 26.7 Å². The zero-order valence-electron chi connectivity index (χ0n) is 14.6.